The van der Waals surface area contributed by atoms with Gasteiger partial charge in [0.25, 0.3) is 0 Å². The van der Waals surface area contributed by atoms with Gasteiger partial charge in [-0.15, -0.1) is 0 Å². The first-order valence-corrected chi connectivity index (χ1v) is 23.5. The molecular formula is C47H75O13P. The summed E-state index contributed by atoms with van der Waals surface area (Å²) in [4.78, 5) is 35.6. The molecule has 1 aliphatic rings. The van der Waals surface area contributed by atoms with Crippen LogP contribution in [0.1, 0.15) is 129 Å². The van der Waals surface area contributed by atoms with Crippen LogP contribution >= 0.6 is 7.82 Å². The van der Waals surface area contributed by atoms with E-state index in [1.165, 1.54) is 0 Å². The van der Waals surface area contributed by atoms with Gasteiger partial charge >= 0.3 is 19.8 Å². The summed E-state index contributed by atoms with van der Waals surface area (Å²) in [7, 11) is -5.14. The molecule has 6 unspecified atom stereocenters. The number of ether oxygens (including phenoxy) is 2. The van der Waals surface area contributed by atoms with Crippen molar-refractivity contribution in [3.8, 4) is 0 Å². The highest BCUT2D eigenvalue weighted by atomic mass is 31.2. The molecule has 0 aliphatic heterocycles. The van der Waals surface area contributed by atoms with Crippen LogP contribution < -0.4 is 0 Å². The van der Waals surface area contributed by atoms with E-state index in [0.717, 1.165) is 83.5 Å². The maximum Gasteiger partial charge on any atom is 0.472 e. The zero-order valence-corrected chi connectivity index (χ0v) is 37.3. The number of aliphatic hydroxyl groups excluding tert-OH is 5. The fourth-order valence-electron chi connectivity index (χ4n) is 5.92. The second-order valence-corrected chi connectivity index (χ2v) is 16.2. The minimum absolute atomic E-state index is 0.00832. The Kier molecular flexibility index (Phi) is 33.2. The van der Waals surface area contributed by atoms with Crippen LogP contribution in [0.2, 0.25) is 0 Å². The minimum atomic E-state index is -5.14. The lowest BCUT2D eigenvalue weighted by Gasteiger charge is -2.41. The van der Waals surface area contributed by atoms with Gasteiger partial charge in [-0.25, -0.2) is 4.57 Å². The van der Waals surface area contributed by atoms with Gasteiger partial charge < -0.3 is 39.9 Å². The Hall–Kier alpha value is -3.23. The van der Waals surface area contributed by atoms with E-state index < -0.39 is 75.7 Å². The average Bonchev–Trinajstić information content (AvgIpc) is 3.24. The number of rotatable bonds is 34. The zero-order valence-electron chi connectivity index (χ0n) is 36.4. The van der Waals surface area contributed by atoms with Gasteiger partial charge in [-0.3, -0.25) is 18.6 Å². The van der Waals surface area contributed by atoms with E-state index >= 15 is 0 Å². The standard InChI is InChI=1S/C47H75O13P/c1-3-5-7-9-11-13-15-17-19-20-22-24-26-28-30-32-34-36-41(49)59-39(38-58-61(55,56)60-47-45(53)43(51)42(50)44(52)46(47)54)37-57-40(48)35-33-31-29-27-25-23-21-18-16-14-12-10-8-6-4-2/h5-8,11-14,17-19,21-22,24,28,30,39,42-47,50-54H,3-4,9-10,15-16,20,23,25-27,29,31-38H2,1-2H3,(H,55,56)/b7-5+,8-6+,13-11+,14-12+,19-17+,21-18+,24-22+,30-28+/t39-,42?,43+,44?,45?,46?,47?/m1/s1. The number of phosphoric ester groups is 1. The molecule has 0 aromatic carbocycles. The molecule has 0 aromatic rings. The molecular weight excluding hydrogens is 803 g/mol. The van der Waals surface area contributed by atoms with E-state index in [-0.39, 0.29) is 12.8 Å². The second-order valence-electron chi connectivity index (χ2n) is 14.8. The van der Waals surface area contributed by atoms with Crippen molar-refractivity contribution < 1.29 is 63.1 Å². The normalized spacial score (nSPS) is 23.0. The van der Waals surface area contributed by atoms with E-state index in [0.29, 0.717) is 19.3 Å². The first-order valence-electron chi connectivity index (χ1n) is 22.0. The Labute approximate surface area is 364 Å². The van der Waals surface area contributed by atoms with Crippen LogP contribution in [0.4, 0.5) is 0 Å². The van der Waals surface area contributed by atoms with Crippen molar-refractivity contribution >= 4 is 19.8 Å². The van der Waals surface area contributed by atoms with E-state index in [1.54, 1.807) is 0 Å². The van der Waals surface area contributed by atoms with Crippen molar-refractivity contribution in [2.24, 2.45) is 0 Å². The van der Waals surface area contributed by atoms with Gasteiger partial charge in [-0.05, 0) is 83.5 Å². The number of hydrogen-bond acceptors (Lipinski definition) is 12. The van der Waals surface area contributed by atoms with Crippen molar-refractivity contribution in [3.05, 3.63) is 97.2 Å². The number of unbranched alkanes of at least 4 members (excludes halogenated alkanes) is 6. The highest BCUT2D eigenvalue weighted by molar-refractivity contribution is 7.47. The molecule has 14 heteroatoms. The molecule has 0 saturated heterocycles. The smallest absolute Gasteiger partial charge is 0.462 e. The lowest BCUT2D eigenvalue weighted by Crippen LogP contribution is -2.64. The fourth-order valence-corrected chi connectivity index (χ4v) is 6.90. The molecule has 0 heterocycles. The number of carbonyl (C=O) groups is 2. The van der Waals surface area contributed by atoms with Crippen LogP contribution in [-0.4, -0.2) is 98.3 Å². The average molecular weight is 879 g/mol. The molecule has 0 radical (unpaired) electrons. The summed E-state index contributed by atoms with van der Waals surface area (Å²) in [5.74, 6) is -1.20. The van der Waals surface area contributed by atoms with Gasteiger partial charge in [0, 0.05) is 12.8 Å². The largest absolute Gasteiger partial charge is 0.472 e. The van der Waals surface area contributed by atoms with Gasteiger partial charge in [0.2, 0.25) is 0 Å². The minimum Gasteiger partial charge on any atom is -0.462 e. The van der Waals surface area contributed by atoms with E-state index in [4.69, 9.17) is 18.5 Å². The maximum absolute atomic E-state index is 12.8. The molecule has 1 saturated carbocycles. The first kappa shape index (κ1) is 55.8. The molecule has 0 bridgehead atoms. The molecule has 6 N–H and O–H groups in total. The van der Waals surface area contributed by atoms with Gasteiger partial charge in [-0.2, -0.15) is 0 Å². The number of esters is 2. The predicted molar refractivity (Wildman–Crippen MR) is 239 cm³/mol. The third kappa shape index (κ3) is 28.9. The summed E-state index contributed by atoms with van der Waals surface area (Å²) in [6, 6.07) is 0. The molecule has 1 fully saturated rings. The summed E-state index contributed by atoms with van der Waals surface area (Å²) < 4.78 is 33.4. The summed E-state index contributed by atoms with van der Waals surface area (Å²) in [6.45, 7) is 2.98. The Bertz CT molecular complexity index is 1430. The van der Waals surface area contributed by atoms with E-state index in [9.17, 15) is 44.6 Å². The Morgan fingerprint density at radius 2 is 0.902 bits per heavy atom. The molecule has 13 nitrogen and oxygen atoms in total. The number of phosphoric acid groups is 1. The molecule has 0 spiro atoms. The number of carbonyl (C=O) groups excluding carboxylic acids is 2. The Balaban J connectivity index is 2.55. The summed E-state index contributed by atoms with van der Waals surface area (Å²) in [6.07, 6.45) is 34.7. The van der Waals surface area contributed by atoms with E-state index in [1.807, 2.05) is 12.2 Å². The SMILES string of the molecule is CC/C=C/C/C=C/C/C=C/C/C=C/C/C=C/CCCC(=O)O[C@H](COC(=O)CCCCCCC/C=C/C/C=C/C/C=C/CC)COP(=O)(O)OC1C(O)C(O)C(O)[C@H](O)C1O. The molecule has 1 aliphatic carbocycles. The van der Waals surface area contributed by atoms with Crippen molar-refractivity contribution in [2.45, 2.75) is 172 Å². The molecule has 346 valence electrons. The number of hydrogen-bond donors (Lipinski definition) is 6. The molecule has 0 amide bonds. The monoisotopic (exact) mass is 878 g/mol. The van der Waals surface area contributed by atoms with E-state index in [2.05, 4.69) is 98.9 Å². The van der Waals surface area contributed by atoms with Gasteiger partial charge in [0.05, 0.1) is 6.61 Å². The van der Waals surface area contributed by atoms with Gasteiger partial charge in [0.15, 0.2) is 6.10 Å². The third-order valence-electron chi connectivity index (χ3n) is 9.42. The topological polar surface area (TPSA) is 210 Å². The molecule has 1 rings (SSSR count). The Morgan fingerprint density at radius 3 is 1.39 bits per heavy atom. The van der Waals surface area contributed by atoms with Gasteiger partial charge in [-0.1, -0.05) is 130 Å². The van der Waals surface area contributed by atoms with Crippen LogP contribution in [0.5, 0.6) is 0 Å². The van der Waals surface area contributed by atoms with Crippen LogP contribution in [0.3, 0.4) is 0 Å². The van der Waals surface area contributed by atoms with Crippen LogP contribution in [0.15, 0.2) is 97.2 Å². The zero-order chi connectivity index (χ0) is 45.0. The van der Waals surface area contributed by atoms with Crippen molar-refractivity contribution in [3.63, 3.8) is 0 Å². The van der Waals surface area contributed by atoms with Crippen LogP contribution in [0, 0.1) is 0 Å². The lowest BCUT2D eigenvalue weighted by atomic mass is 9.85. The quantitative estimate of drug-likeness (QED) is 0.0156. The summed E-state index contributed by atoms with van der Waals surface area (Å²) >= 11 is 0. The van der Waals surface area contributed by atoms with Crippen LogP contribution in [0.25, 0.3) is 0 Å². The van der Waals surface area contributed by atoms with Crippen molar-refractivity contribution in [1.82, 2.24) is 0 Å². The fraction of sp³-hybridized carbons (Fsp3) is 0.617. The third-order valence-corrected chi connectivity index (χ3v) is 10.4. The predicted octanol–water partition coefficient (Wildman–Crippen LogP) is 8.27. The summed E-state index contributed by atoms with van der Waals surface area (Å²) in [5.41, 5.74) is 0. The molecule has 8 atom stereocenters. The molecule has 0 aromatic heterocycles. The number of aliphatic hydroxyl groups is 5. The van der Waals surface area contributed by atoms with Gasteiger partial charge in [0.1, 0.15) is 43.2 Å². The maximum atomic E-state index is 12.8. The van der Waals surface area contributed by atoms with Crippen molar-refractivity contribution in [1.29, 1.82) is 0 Å². The first-order chi connectivity index (χ1) is 29.4. The summed E-state index contributed by atoms with van der Waals surface area (Å²) in [5, 5.41) is 50.1. The lowest BCUT2D eigenvalue weighted by molar-refractivity contribution is -0.220. The molecule has 61 heavy (non-hydrogen) atoms. The van der Waals surface area contributed by atoms with Crippen molar-refractivity contribution in [2.75, 3.05) is 13.2 Å². The highest BCUT2D eigenvalue weighted by Gasteiger charge is 2.51. The van der Waals surface area contributed by atoms with Crippen LogP contribution in [-0.2, 0) is 32.7 Å². The Morgan fingerprint density at radius 1 is 0.508 bits per heavy atom. The highest BCUT2D eigenvalue weighted by Crippen LogP contribution is 2.47. The number of allylic oxidation sites excluding steroid dienone is 16. The second kappa shape index (κ2) is 36.3.